The van der Waals surface area contributed by atoms with Crippen molar-refractivity contribution in [2.24, 2.45) is 0 Å². The summed E-state index contributed by atoms with van der Waals surface area (Å²) in [5, 5.41) is 4.98. The van der Waals surface area contributed by atoms with Gasteiger partial charge in [0.2, 0.25) is 15.9 Å². The Hall–Kier alpha value is -2.13. The Morgan fingerprint density at radius 1 is 1.04 bits per heavy atom. The van der Waals surface area contributed by atoms with E-state index in [0.717, 1.165) is 5.56 Å². The third kappa shape index (κ3) is 8.50. The van der Waals surface area contributed by atoms with Crippen molar-refractivity contribution in [1.29, 1.82) is 0 Å². The normalized spacial score (nSPS) is 11.7. The second-order valence-corrected chi connectivity index (χ2v) is 8.18. The van der Waals surface area contributed by atoms with E-state index in [4.69, 9.17) is 4.74 Å². The summed E-state index contributed by atoms with van der Waals surface area (Å²) < 4.78 is 31.3. The van der Waals surface area contributed by atoms with Gasteiger partial charge >= 0.3 is 6.09 Å². The molecule has 0 radical (unpaired) electrons. The van der Waals surface area contributed by atoms with Crippen LogP contribution in [0.25, 0.3) is 0 Å². The monoisotopic (exact) mass is 371 g/mol. The lowest BCUT2D eigenvalue weighted by Crippen LogP contribution is -2.41. The highest BCUT2D eigenvalue weighted by Crippen LogP contribution is 2.09. The lowest BCUT2D eigenvalue weighted by Gasteiger charge is -2.19. The number of aryl methyl sites for hydroxylation is 1. The van der Waals surface area contributed by atoms with Crippen LogP contribution in [0.3, 0.4) is 0 Å². The predicted octanol–water partition coefficient (Wildman–Crippen LogP) is 0.914. The maximum atomic E-state index is 12.0. The summed E-state index contributed by atoms with van der Waals surface area (Å²) in [5.74, 6) is -0.498. The van der Waals surface area contributed by atoms with Crippen molar-refractivity contribution >= 4 is 22.0 Å². The molecule has 0 spiro atoms. The third-order valence-corrected chi connectivity index (χ3v) is 4.29. The van der Waals surface area contributed by atoms with E-state index in [1.165, 1.54) is 12.1 Å². The Morgan fingerprint density at radius 3 is 2.16 bits per heavy atom. The van der Waals surface area contributed by atoms with Crippen molar-refractivity contribution in [1.82, 2.24) is 15.4 Å². The van der Waals surface area contributed by atoms with Crippen LogP contribution in [0.1, 0.15) is 26.3 Å². The number of nitrogens with one attached hydrogen (secondary N) is 3. The molecule has 1 aromatic carbocycles. The summed E-state index contributed by atoms with van der Waals surface area (Å²) in [7, 11) is -3.74. The molecule has 9 heteroatoms. The fraction of sp³-hybridized carbons (Fsp3) is 0.500. The third-order valence-electron chi connectivity index (χ3n) is 2.87. The lowest BCUT2D eigenvalue weighted by molar-refractivity contribution is -0.119. The predicted molar refractivity (Wildman–Crippen MR) is 93.6 cm³/mol. The Bertz CT molecular complexity index is 693. The van der Waals surface area contributed by atoms with Gasteiger partial charge < -0.3 is 15.4 Å². The first-order valence-electron chi connectivity index (χ1n) is 7.79. The molecule has 0 saturated carbocycles. The molecule has 0 saturated heterocycles. The minimum atomic E-state index is -3.74. The van der Waals surface area contributed by atoms with Gasteiger partial charge in [-0.2, -0.15) is 0 Å². The van der Waals surface area contributed by atoms with E-state index in [2.05, 4.69) is 15.4 Å². The molecule has 0 aromatic heterocycles. The number of hydrogen-bond acceptors (Lipinski definition) is 5. The van der Waals surface area contributed by atoms with E-state index in [-0.39, 0.29) is 24.5 Å². The number of hydrogen-bond donors (Lipinski definition) is 3. The molecule has 0 heterocycles. The lowest BCUT2D eigenvalue weighted by atomic mass is 10.2. The second kappa shape index (κ2) is 8.82. The minimum Gasteiger partial charge on any atom is -0.444 e. The van der Waals surface area contributed by atoms with Gasteiger partial charge in [0.25, 0.3) is 0 Å². The molecule has 1 rings (SSSR count). The average Bonchev–Trinajstić information content (AvgIpc) is 2.48. The van der Waals surface area contributed by atoms with Gasteiger partial charge in [0, 0.05) is 13.1 Å². The molecule has 2 amide bonds. The number of sulfonamides is 1. The molecule has 1 aromatic rings. The molecule has 140 valence electrons. The van der Waals surface area contributed by atoms with Gasteiger partial charge in [-0.05, 0) is 39.8 Å². The highest BCUT2D eigenvalue weighted by Gasteiger charge is 2.16. The smallest absolute Gasteiger partial charge is 0.407 e. The Kier molecular flexibility index (Phi) is 7.38. The van der Waals surface area contributed by atoms with Gasteiger partial charge in [0.15, 0.2) is 0 Å². The number of benzene rings is 1. The fourth-order valence-electron chi connectivity index (χ4n) is 1.70. The Morgan fingerprint density at radius 2 is 1.60 bits per heavy atom. The zero-order chi connectivity index (χ0) is 19.1. The van der Waals surface area contributed by atoms with Crippen molar-refractivity contribution in [2.75, 3.05) is 19.6 Å². The summed E-state index contributed by atoms with van der Waals surface area (Å²) >= 11 is 0. The quantitative estimate of drug-likeness (QED) is 0.617. The molecule has 0 atom stereocenters. The largest absolute Gasteiger partial charge is 0.444 e. The van der Waals surface area contributed by atoms with Crippen molar-refractivity contribution in [3.63, 3.8) is 0 Å². The Labute approximate surface area is 148 Å². The molecule has 25 heavy (non-hydrogen) atoms. The first kappa shape index (κ1) is 20.9. The molecule has 0 unspecified atom stereocenters. The fourth-order valence-corrected chi connectivity index (χ4v) is 2.69. The number of rotatable bonds is 7. The van der Waals surface area contributed by atoms with Crippen molar-refractivity contribution < 1.29 is 22.7 Å². The van der Waals surface area contributed by atoms with E-state index in [0.29, 0.717) is 0 Å². The summed E-state index contributed by atoms with van der Waals surface area (Å²) in [6.07, 6.45) is -0.582. The summed E-state index contributed by atoms with van der Waals surface area (Å²) in [4.78, 5) is 23.2. The second-order valence-electron chi connectivity index (χ2n) is 6.42. The first-order valence-corrected chi connectivity index (χ1v) is 9.28. The number of ether oxygens (including phenoxy) is 1. The maximum Gasteiger partial charge on any atom is 0.407 e. The standard InChI is InChI=1S/C16H25N3O5S/c1-12-5-7-13(8-6-12)25(22,23)19-11-14(20)17-9-10-18-15(21)24-16(2,3)4/h5-8,19H,9-11H2,1-4H3,(H,17,20)(H,18,21). The molecular weight excluding hydrogens is 346 g/mol. The van der Waals surface area contributed by atoms with Crippen molar-refractivity contribution in [3.05, 3.63) is 29.8 Å². The zero-order valence-electron chi connectivity index (χ0n) is 14.9. The van der Waals surface area contributed by atoms with E-state index < -0.39 is 27.6 Å². The topological polar surface area (TPSA) is 114 Å². The summed E-state index contributed by atoms with van der Waals surface area (Å²) in [6.45, 7) is 7.03. The minimum absolute atomic E-state index is 0.0949. The van der Waals surface area contributed by atoms with Crippen LogP contribution in [0, 0.1) is 6.92 Å². The van der Waals surface area contributed by atoms with Gasteiger partial charge in [0.05, 0.1) is 11.4 Å². The van der Waals surface area contributed by atoms with Crippen LogP contribution in [0.5, 0.6) is 0 Å². The van der Waals surface area contributed by atoms with E-state index >= 15 is 0 Å². The molecule has 0 bridgehead atoms. The van der Waals surface area contributed by atoms with Crippen LogP contribution in [-0.2, 0) is 19.6 Å². The highest BCUT2D eigenvalue weighted by atomic mass is 32.2. The van der Waals surface area contributed by atoms with Crippen molar-refractivity contribution in [2.45, 2.75) is 38.2 Å². The van der Waals surface area contributed by atoms with Crippen LogP contribution in [0.4, 0.5) is 4.79 Å². The van der Waals surface area contributed by atoms with Crippen LogP contribution in [0.2, 0.25) is 0 Å². The van der Waals surface area contributed by atoms with E-state index in [9.17, 15) is 18.0 Å². The van der Waals surface area contributed by atoms with Gasteiger partial charge in [-0.3, -0.25) is 4.79 Å². The molecule has 0 aliphatic carbocycles. The summed E-state index contributed by atoms with van der Waals surface area (Å²) in [5.41, 5.74) is 0.343. The molecule has 0 fully saturated rings. The van der Waals surface area contributed by atoms with Gasteiger partial charge in [0.1, 0.15) is 5.60 Å². The molecule has 3 N–H and O–H groups in total. The maximum absolute atomic E-state index is 12.0. The van der Waals surface area contributed by atoms with Crippen LogP contribution < -0.4 is 15.4 Å². The van der Waals surface area contributed by atoms with Crippen LogP contribution >= 0.6 is 0 Å². The number of carbonyl (C=O) groups excluding carboxylic acids is 2. The number of amides is 2. The Balaban J connectivity index is 2.31. The van der Waals surface area contributed by atoms with E-state index in [1.807, 2.05) is 6.92 Å². The average molecular weight is 371 g/mol. The van der Waals surface area contributed by atoms with Crippen molar-refractivity contribution in [3.8, 4) is 0 Å². The molecular formula is C16H25N3O5S. The highest BCUT2D eigenvalue weighted by molar-refractivity contribution is 7.89. The van der Waals surface area contributed by atoms with Gasteiger partial charge in [-0.25, -0.2) is 17.9 Å². The van der Waals surface area contributed by atoms with E-state index in [1.54, 1.807) is 32.9 Å². The number of alkyl carbamates (subject to hydrolysis) is 1. The molecule has 0 aliphatic heterocycles. The van der Waals surface area contributed by atoms with Crippen LogP contribution in [-0.4, -0.2) is 45.7 Å². The zero-order valence-corrected chi connectivity index (χ0v) is 15.7. The summed E-state index contributed by atoms with van der Waals surface area (Å²) in [6, 6.07) is 6.30. The SMILES string of the molecule is Cc1ccc(S(=O)(=O)NCC(=O)NCCNC(=O)OC(C)(C)C)cc1. The van der Waals surface area contributed by atoms with Crippen LogP contribution in [0.15, 0.2) is 29.2 Å². The van der Waals surface area contributed by atoms with Gasteiger partial charge in [-0.1, -0.05) is 17.7 Å². The molecule has 0 aliphatic rings. The first-order chi connectivity index (χ1) is 11.5. The van der Waals surface area contributed by atoms with Gasteiger partial charge in [-0.15, -0.1) is 0 Å². The number of carbonyl (C=O) groups is 2. The molecule has 8 nitrogen and oxygen atoms in total.